The highest BCUT2D eigenvalue weighted by molar-refractivity contribution is 5.81. The Balaban J connectivity index is 2.35. The summed E-state index contributed by atoms with van der Waals surface area (Å²) in [6.07, 6.45) is 5.34. The van der Waals surface area contributed by atoms with Crippen LogP contribution < -0.4 is 0 Å². The SMILES string of the molecule is N=C1OC2C=CC1C2. The molecule has 2 atom stereocenters. The van der Waals surface area contributed by atoms with E-state index in [-0.39, 0.29) is 6.10 Å². The van der Waals surface area contributed by atoms with Crippen LogP contribution in [0.2, 0.25) is 0 Å². The van der Waals surface area contributed by atoms with Gasteiger partial charge in [0.25, 0.3) is 0 Å². The summed E-state index contributed by atoms with van der Waals surface area (Å²) in [6.45, 7) is 0. The second kappa shape index (κ2) is 1.13. The summed E-state index contributed by atoms with van der Waals surface area (Å²) >= 11 is 0. The molecule has 2 aliphatic rings. The van der Waals surface area contributed by atoms with Gasteiger partial charge in [0, 0.05) is 6.42 Å². The van der Waals surface area contributed by atoms with Crippen molar-refractivity contribution < 1.29 is 4.74 Å². The van der Waals surface area contributed by atoms with Crippen LogP contribution in [0.15, 0.2) is 12.2 Å². The molecule has 0 aromatic heterocycles. The van der Waals surface area contributed by atoms with Gasteiger partial charge in [0.1, 0.15) is 6.10 Å². The molecule has 2 heteroatoms. The Kier molecular flexibility index (Phi) is 0.583. The molecule has 8 heavy (non-hydrogen) atoms. The highest BCUT2D eigenvalue weighted by Gasteiger charge is 2.32. The lowest BCUT2D eigenvalue weighted by Gasteiger charge is -2.04. The van der Waals surface area contributed by atoms with Gasteiger partial charge in [-0.1, -0.05) is 6.08 Å². The molecule has 1 fully saturated rings. The molecule has 2 nitrogen and oxygen atoms in total. The number of ether oxygens (including phenoxy) is 1. The van der Waals surface area contributed by atoms with E-state index in [9.17, 15) is 0 Å². The van der Waals surface area contributed by atoms with Gasteiger partial charge in [-0.3, -0.25) is 5.41 Å². The Hall–Kier alpha value is -0.790. The van der Waals surface area contributed by atoms with Gasteiger partial charge in [-0.2, -0.15) is 0 Å². The zero-order valence-corrected chi connectivity index (χ0v) is 4.42. The second-order valence-corrected chi connectivity index (χ2v) is 2.25. The number of rotatable bonds is 0. The van der Waals surface area contributed by atoms with E-state index in [1.807, 2.05) is 6.08 Å². The fourth-order valence-electron chi connectivity index (χ4n) is 1.20. The van der Waals surface area contributed by atoms with Gasteiger partial charge in [-0.15, -0.1) is 0 Å². The lowest BCUT2D eigenvalue weighted by molar-refractivity contribution is 0.268. The van der Waals surface area contributed by atoms with Crippen LogP contribution in [0.3, 0.4) is 0 Å². The standard InChI is InChI=1S/C6H7NO/c7-6-4-1-2-5(3-4)8-6/h1-2,4-5,7H,3H2. The summed E-state index contributed by atoms with van der Waals surface area (Å²) < 4.78 is 5.06. The first-order valence-corrected chi connectivity index (χ1v) is 2.79. The highest BCUT2D eigenvalue weighted by Crippen LogP contribution is 2.29. The minimum absolute atomic E-state index is 0.243. The molecule has 0 radical (unpaired) electrons. The van der Waals surface area contributed by atoms with Crippen LogP contribution in [-0.2, 0) is 4.74 Å². The van der Waals surface area contributed by atoms with E-state index in [4.69, 9.17) is 10.1 Å². The summed E-state index contributed by atoms with van der Waals surface area (Å²) in [7, 11) is 0. The van der Waals surface area contributed by atoms with Crippen molar-refractivity contribution in [3.8, 4) is 0 Å². The molecule has 1 saturated heterocycles. The Morgan fingerprint density at radius 1 is 1.62 bits per heavy atom. The first kappa shape index (κ1) is 4.13. The fraction of sp³-hybridized carbons (Fsp3) is 0.500. The molecule has 1 aliphatic carbocycles. The molecule has 1 N–H and O–H groups in total. The summed E-state index contributed by atoms with van der Waals surface area (Å²) in [5, 5.41) is 7.16. The molecule has 1 heterocycles. The van der Waals surface area contributed by atoms with Crippen LogP contribution in [0.4, 0.5) is 0 Å². The van der Waals surface area contributed by atoms with Gasteiger partial charge in [0.2, 0.25) is 0 Å². The van der Waals surface area contributed by atoms with Crippen molar-refractivity contribution in [3.05, 3.63) is 12.2 Å². The Morgan fingerprint density at radius 2 is 2.50 bits per heavy atom. The van der Waals surface area contributed by atoms with E-state index in [0.717, 1.165) is 6.42 Å². The average molecular weight is 109 g/mol. The van der Waals surface area contributed by atoms with Crippen LogP contribution in [0.5, 0.6) is 0 Å². The smallest absolute Gasteiger partial charge is 0.188 e. The summed E-state index contributed by atoms with van der Waals surface area (Å²) in [4.78, 5) is 0. The van der Waals surface area contributed by atoms with Crippen molar-refractivity contribution in [1.82, 2.24) is 0 Å². The van der Waals surface area contributed by atoms with Gasteiger partial charge < -0.3 is 4.74 Å². The van der Waals surface area contributed by atoms with Crippen molar-refractivity contribution in [2.24, 2.45) is 5.92 Å². The Bertz CT molecular complexity index is 162. The fourth-order valence-corrected chi connectivity index (χ4v) is 1.20. The topological polar surface area (TPSA) is 33.1 Å². The number of hydrogen-bond donors (Lipinski definition) is 1. The van der Waals surface area contributed by atoms with E-state index >= 15 is 0 Å². The molecule has 0 aromatic carbocycles. The highest BCUT2D eigenvalue weighted by atomic mass is 16.5. The molecular weight excluding hydrogens is 102 g/mol. The minimum atomic E-state index is 0.243. The monoisotopic (exact) mass is 109 g/mol. The third-order valence-electron chi connectivity index (χ3n) is 1.66. The van der Waals surface area contributed by atoms with Crippen molar-refractivity contribution in [2.75, 3.05) is 0 Å². The maximum atomic E-state index is 7.16. The molecule has 2 unspecified atom stereocenters. The summed E-state index contributed by atoms with van der Waals surface area (Å²) in [5.41, 5.74) is 0. The van der Waals surface area contributed by atoms with Crippen molar-refractivity contribution in [1.29, 1.82) is 5.41 Å². The van der Waals surface area contributed by atoms with Crippen molar-refractivity contribution in [2.45, 2.75) is 12.5 Å². The number of nitrogens with one attached hydrogen (secondary N) is 1. The van der Waals surface area contributed by atoms with Crippen molar-refractivity contribution in [3.63, 3.8) is 0 Å². The molecule has 2 rings (SSSR count). The van der Waals surface area contributed by atoms with Gasteiger partial charge in [0.05, 0.1) is 5.92 Å². The van der Waals surface area contributed by atoms with Gasteiger partial charge in [0.15, 0.2) is 5.90 Å². The Morgan fingerprint density at radius 3 is 2.75 bits per heavy atom. The van der Waals surface area contributed by atoms with E-state index < -0.39 is 0 Å². The molecule has 0 spiro atoms. The second-order valence-electron chi connectivity index (χ2n) is 2.25. The third kappa shape index (κ3) is 0.351. The molecule has 0 aromatic rings. The largest absolute Gasteiger partial charge is 0.473 e. The lowest BCUT2D eigenvalue weighted by Crippen LogP contribution is -2.07. The number of fused-ring (bicyclic) bond motifs is 2. The van der Waals surface area contributed by atoms with Gasteiger partial charge >= 0.3 is 0 Å². The van der Waals surface area contributed by atoms with Crippen LogP contribution in [0.1, 0.15) is 6.42 Å². The van der Waals surface area contributed by atoms with Crippen LogP contribution >= 0.6 is 0 Å². The normalized spacial score (nSPS) is 40.8. The predicted molar refractivity (Wildman–Crippen MR) is 29.8 cm³/mol. The molecule has 0 amide bonds. The number of hydrogen-bond acceptors (Lipinski definition) is 2. The maximum Gasteiger partial charge on any atom is 0.188 e. The predicted octanol–water partition coefficient (Wildman–Crippen LogP) is 0.939. The van der Waals surface area contributed by atoms with Crippen LogP contribution in [0.25, 0.3) is 0 Å². The molecule has 1 aliphatic heterocycles. The maximum absolute atomic E-state index is 7.16. The van der Waals surface area contributed by atoms with Gasteiger partial charge in [-0.25, -0.2) is 0 Å². The summed E-state index contributed by atoms with van der Waals surface area (Å²) in [6, 6.07) is 0. The third-order valence-corrected chi connectivity index (χ3v) is 1.66. The first-order chi connectivity index (χ1) is 3.86. The van der Waals surface area contributed by atoms with E-state index in [2.05, 4.69) is 6.08 Å². The minimum Gasteiger partial charge on any atom is -0.473 e. The summed E-state index contributed by atoms with van der Waals surface area (Å²) in [5.74, 6) is 0.775. The average Bonchev–Trinajstić information content (AvgIpc) is 2.23. The van der Waals surface area contributed by atoms with Crippen molar-refractivity contribution >= 4 is 5.90 Å². The van der Waals surface area contributed by atoms with Crippen LogP contribution in [0, 0.1) is 11.3 Å². The Labute approximate surface area is 47.7 Å². The van der Waals surface area contributed by atoms with E-state index in [0.29, 0.717) is 11.8 Å². The zero-order valence-electron chi connectivity index (χ0n) is 4.42. The first-order valence-electron chi connectivity index (χ1n) is 2.79. The quantitative estimate of drug-likeness (QED) is 0.461. The van der Waals surface area contributed by atoms with Crippen LogP contribution in [-0.4, -0.2) is 12.0 Å². The van der Waals surface area contributed by atoms with Gasteiger partial charge in [-0.05, 0) is 6.08 Å². The van der Waals surface area contributed by atoms with E-state index in [1.165, 1.54) is 0 Å². The van der Waals surface area contributed by atoms with E-state index in [1.54, 1.807) is 0 Å². The molecule has 42 valence electrons. The molecular formula is C6H7NO. The molecule has 0 saturated carbocycles. The zero-order chi connectivity index (χ0) is 5.56. The molecule has 2 bridgehead atoms. The lowest BCUT2D eigenvalue weighted by atomic mass is 10.1.